The van der Waals surface area contributed by atoms with Gasteiger partial charge in [-0.05, 0) is 29.5 Å². The SMILES string of the molecule is CC(=O)N1CCC2(CC1)N=Cc1ccc(CN)cc12. The highest BCUT2D eigenvalue weighted by Crippen LogP contribution is 2.42. The number of benzene rings is 1. The normalized spacial score (nSPS) is 19.8. The zero-order chi connectivity index (χ0) is 13.5. The molecule has 1 aromatic rings. The molecule has 0 radical (unpaired) electrons. The Kier molecular flexibility index (Phi) is 2.90. The molecule has 0 bridgehead atoms. The fourth-order valence-electron chi connectivity index (χ4n) is 3.10. The molecule has 1 saturated heterocycles. The molecule has 0 aliphatic carbocycles. The summed E-state index contributed by atoms with van der Waals surface area (Å²) in [6.07, 6.45) is 3.78. The fourth-order valence-corrected chi connectivity index (χ4v) is 3.10. The average molecular weight is 257 g/mol. The number of aliphatic imine (C=N–C) groups is 1. The molecule has 1 spiro atoms. The summed E-state index contributed by atoms with van der Waals surface area (Å²) in [6, 6.07) is 6.35. The summed E-state index contributed by atoms with van der Waals surface area (Å²) in [6.45, 7) is 3.78. The maximum atomic E-state index is 11.4. The van der Waals surface area contributed by atoms with E-state index in [0.717, 1.165) is 31.5 Å². The van der Waals surface area contributed by atoms with E-state index >= 15 is 0 Å². The lowest BCUT2D eigenvalue weighted by Gasteiger charge is -2.38. The molecule has 2 heterocycles. The summed E-state index contributed by atoms with van der Waals surface area (Å²) in [7, 11) is 0. The van der Waals surface area contributed by atoms with Crippen molar-refractivity contribution >= 4 is 12.1 Å². The lowest BCUT2D eigenvalue weighted by atomic mass is 9.81. The number of nitrogens with zero attached hydrogens (tertiary/aromatic N) is 2. The van der Waals surface area contributed by atoms with Gasteiger partial charge in [-0.2, -0.15) is 0 Å². The lowest BCUT2D eigenvalue weighted by Crippen LogP contribution is -2.43. The molecule has 0 aromatic heterocycles. The molecule has 4 heteroatoms. The van der Waals surface area contributed by atoms with Gasteiger partial charge >= 0.3 is 0 Å². The van der Waals surface area contributed by atoms with E-state index in [9.17, 15) is 4.79 Å². The number of piperidine rings is 1. The molecule has 2 aliphatic rings. The number of likely N-dealkylation sites (tertiary alicyclic amines) is 1. The lowest BCUT2D eigenvalue weighted by molar-refractivity contribution is -0.130. The smallest absolute Gasteiger partial charge is 0.219 e. The van der Waals surface area contributed by atoms with Crippen molar-refractivity contribution in [1.29, 1.82) is 0 Å². The van der Waals surface area contributed by atoms with E-state index in [2.05, 4.69) is 18.2 Å². The van der Waals surface area contributed by atoms with Crippen molar-refractivity contribution < 1.29 is 4.79 Å². The Bertz CT molecular complexity index is 542. The van der Waals surface area contributed by atoms with E-state index in [0.29, 0.717) is 6.54 Å². The Labute approximate surface area is 113 Å². The van der Waals surface area contributed by atoms with Crippen molar-refractivity contribution in [2.45, 2.75) is 31.8 Å². The van der Waals surface area contributed by atoms with Gasteiger partial charge in [0.05, 0.1) is 5.54 Å². The van der Waals surface area contributed by atoms with Gasteiger partial charge in [0.15, 0.2) is 0 Å². The molecule has 3 rings (SSSR count). The summed E-state index contributed by atoms with van der Waals surface area (Å²) in [5.41, 5.74) is 9.25. The number of hydrogen-bond donors (Lipinski definition) is 1. The van der Waals surface area contributed by atoms with E-state index in [-0.39, 0.29) is 11.4 Å². The molecule has 100 valence electrons. The van der Waals surface area contributed by atoms with Crippen LogP contribution in [-0.4, -0.2) is 30.1 Å². The van der Waals surface area contributed by atoms with Gasteiger partial charge in [-0.25, -0.2) is 0 Å². The van der Waals surface area contributed by atoms with Crippen molar-refractivity contribution in [3.63, 3.8) is 0 Å². The second-order valence-electron chi connectivity index (χ2n) is 5.42. The summed E-state index contributed by atoms with van der Waals surface area (Å²) in [5.74, 6) is 0.160. The van der Waals surface area contributed by atoms with Crippen LogP contribution in [-0.2, 0) is 16.9 Å². The van der Waals surface area contributed by atoms with Gasteiger partial charge in [0.25, 0.3) is 0 Å². The Morgan fingerprint density at radius 2 is 2.16 bits per heavy atom. The standard InChI is InChI=1S/C15H19N3O/c1-11(19)18-6-4-15(5-7-18)14-8-12(9-16)2-3-13(14)10-17-15/h2-3,8,10H,4-7,9,16H2,1H3. The number of carbonyl (C=O) groups excluding carboxylic acids is 1. The van der Waals surface area contributed by atoms with Crippen molar-refractivity contribution in [2.75, 3.05) is 13.1 Å². The Morgan fingerprint density at radius 1 is 1.42 bits per heavy atom. The number of nitrogens with two attached hydrogens (primary N) is 1. The molecule has 2 N–H and O–H groups in total. The molecule has 1 fully saturated rings. The van der Waals surface area contributed by atoms with Gasteiger partial charge in [0.1, 0.15) is 0 Å². The molecule has 0 atom stereocenters. The number of hydrogen-bond acceptors (Lipinski definition) is 3. The van der Waals surface area contributed by atoms with Crippen molar-refractivity contribution in [2.24, 2.45) is 10.7 Å². The first-order chi connectivity index (χ1) is 9.14. The van der Waals surface area contributed by atoms with E-state index in [1.807, 2.05) is 11.1 Å². The first kappa shape index (κ1) is 12.4. The minimum absolute atomic E-state index is 0.119. The van der Waals surface area contributed by atoms with Crippen molar-refractivity contribution in [3.8, 4) is 0 Å². The maximum Gasteiger partial charge on any atom is 0.219 e. The average Bonchev–Trinajstić information content (AvgIpc) is 2.78. The maximum absolute atomic E-state index is 11.4. The summed E-state index contributed by atoms with van der Waals surface area (Å²) >= 11 is 0. The highest BCUT2D eigenvalue weighted by atomic mass is 16.2. The largest absolute Gasteiger partial charge is 0.343 e. The van der Waals surface area contributed by atoms with E-state index in [1.165, 1.54) is 11.1 Å². The molecule has 2 aliphatic heterocycles. The topological polar surface area (TPSA) is 58.7 Å². The fraction of sp³-hybridized carbons (Fsp3) is 0.467. The van der Waals surface area contributed by atoms with Crippen LogP contribution in [0, 0.1) is 0 Å². The second-order valence-corrected chi connectivity index (χ2v) is 5.42. The van der Waals surface area contributed by atoms with Crippen LogP contribution in [0.3, 0.4) is 0 Å². The third-order valence-electron chi connectivity index (χ3n) is 4.34. The highest BCUT2D eigenvalue weighted by Gasteiger charge is 2.40. The van der Waals surface area contributed by atoms with E-state index in [4.69, 9.17) is 10.7 Å². The zero-order valence-corrected chi connectivity index (χ0v) is 11.2. The minimum Gasteiger partial charge on any atom is -0.343 e. The van der Waals surface area contributed by atoms with Crippen LogP contribution in [0.4, 0.5) is 0 Å². The Balaban J connectivity index is 1.89. The molecule has 1 amide bonds. The van der Waals surface area contributed by atoms with Crippen LogP contribution in [0.15, 0.2) is 23.2 Å². The molecular formula is C15H19N3O. The monoisotopic (exact) mass is 257 g/mol. The van der Waals surface area contributed by atoms with Crippen LogP contribution in [0.1, 0.15) is 36.5 Å². The number of rotatable bonds is 1. The predicted molar refractivity (Wildman–Crippen MR) is 75.1 cm³/mol. The van der Waals surface area contributed by atoms with Crippen LogP contribution < -0.4 is 5.73 Å². The Morgan fingerprint density at radius 3 is 2.79 bits per heavy atom. The molecule has 4 nitrogen and oxygen atoms in total. The van der Waals surface area contributed by atoms with Gasteiger partial charge in [0, 0.05) is 32.8 Å². The summed E-state index contributed by atoms with van der Waals surface area (Å²) in [4.78, 5) is 18.1. The predicted octanol–water partition coefficient (Wildman–Crippen LogP) is 1.42. The van der Waals surface area contributed by atoms with Crippen LogP contribution >= 0.6 is 0 Å². The second kappa shape index (κ2) is 4.46. The zero-order valence-electron chi connectivity index (χ0n) is 11.2. The van der Waals surface area contributed by atoms with Gasteiger partial charge in [-0.15, -0.1) is 0 Å². The summed E-state index contributed by atoms with van der Waals surface area (Å²) in [5, 5.41) is 0. The number of amides is 1. The number of carbonyl (C=O) groups is 1. The first-order valence-corrected chi connectivity index (χ1v) is 6.79. The third kappa shape index (κ3) is 1.96. The highest BCUT2D eigenvalue weighted by molar-refractivity contribution is 5.86. The van der Waals surface area contributed by atoms with Crippen LogP contribution in [0.2, 0.25) is 0 Å². The van der Waals surface area contributed by atoms with Gasteiger partial charge < -0.3 is 10.6 Å². The van der Waals surface area contributed by atoms with Gasteiger partial charge in [0.2, 0.25) is 5.91 Å². The van der Waals surface area contributed by atoms with Crippen molar-refractivity contribution in [3.05, 3.63) is 34.9 Å². The van der Waals surface area contributed by atoms with Crippen LogP contribution in [0.25, 0.3) is 0 Å². The third-order valence-corrected chi connectivity index (χ3v) is 4.34. The molecule has 19 heavy (non-hydrogen) atoms. The van der Waals surface area contributed by atoms with E-state index in [1.54, 1.807) is 6.92 Å². The first-order valence-electron chi connectivity index (χ1n) is 6.79. The molecule has 0 saturated carbocycles. The minimum atomic E-state index is -0.119. The van der Waals surface area contributed by atoms with E-state index < -0.39 is 0 Å². The molecule has 1 aromatic carbocycles. The number of fused-ring (bicyclic) bond motifs is 2. The van der Waals surface area contributed by atoms with Crippen LogP contribution in [0.5, 0.6) is 0 Å². The van der Waals surface area contributed by atoms with Gasteiger partial charge in [-0.1, -0.05) is 18.2 Å². The quantitative estimate of drug-likeness (QED) is 0.827. The summed E-state index contributed by atoms with van der Waals surface area (Å²) < 4.78 is 0. The Hall–Kier alpha value is -1.68. The van der Waals surface area contributed by atoms with Crippen molar-refractivity contribution in [1.82, 2.24) is 4.90 Å². The molecular weight excluding hydrogens is 238 g/mol. The van der Waals surface area contributed by atoms with Gasteiger partial charge in [-0.3, -0.25) is 9.79 Å². The molecule has 0 unspecified atom stereocenters.